The second kappa shape index (κ2) is 6.94. The van der Waals surface area contributed by atoms with Crippen molar-refractivity contribution in [2.24, 2.45) is 0 Å². The standard InChI is InChI=1S/C15H30N2O3S/c1-4-11-21(18,19)17-8-5-13(6-9-17)16-14-7-10-20-15(2,3)12-14/h13-14,16H,4-12H2,1-3H3. The van der Waals surface area contributed by atoms with E-state index in [0.29, 0.717) is 31.6 Å². The highest BCUT2D eigenvalue weighted by Gasteiger charge is 2.32. The third kappa shape index (κ3) is 4.91. The fourth-order valence-electron chi connectivity index (χ4n) is 3.40. The first-order valence-corrected chi connectivity index (χ1v) is 9.81. The summed E-state index contributed by atoms with van der Waals surface area (Å²) < 4.78 is 31.5. The first-order valence-electron chi connectivity index (χ1n) is 8.20. The third-order valence-electron chi connectivity index (χ3n) is 4.48. The van der Waals surface area contributed by atoms with Gasteiger partial charge in [-0.15, -0.1) is 0 Å². The van der Waals surface area contributed by atoms with Crippen molar-refractivity contribution in [2.45, 2.75) is 70.6 Å². The van der Waals surface area contributed by atoms with Gasteiger partial charge in [0.25, 0.3) is 0 Å². The molecule has 0 aromatic rings. The van der Waals surface area contributed by atoms with Crippen molar-refractivity contribution in [2.75, 3.05) is 25.4 Å². The molecule has 2 saturated heterocycles. The number of hydrogen-bond acceptors (Lipinski definition) is 4. The first kappa shape index (κ1) is 17.2. The Kier molecular flexibility index (Phi) is 5.68. The molecule has 0 aromatic heterocycles. The van der Waals surface area contributed by atoms with Gasteiger partial charge in [0.2, 0.25) is 10.0 Å². The van der Waals surface area contributed by atoms with Crippen molar-refractivity contribution in [1.29, 1.82) is 0 Å². The van der Waals surface area contributed by atoms with Gasteiger partial charge in [-0.05, 0) is 46.0 Å². The zero-order valence-corrected chi connectivity index (χ0v) is 14.4. The summed E-state index contributed by atoms with van der Waals surface area (Å²) >= 11 is 0. The van der Waals surface area contributed by atoms with E-state index < -0.39 is 10.0 Å². The molecular weight excluding hydrogens is 288 g/mol. The summed E-state index contributed by atoms with van der Waals surface area (Å²) in [4.78, 5) is 0. The van der Waals surface area contributed by atoms with Gasteiger partial charge in [0, 0.05) is 31.8 Å². The molecule has 0 aromatic carbocycles. The molecule has 6 heteroatoms. The van der Waals surface area contributed by atoms with Crippen molar-refractivity contribution in [3.63, 3.8) is 0 Å². The molecule has 5 nitrogen and oxygen atoms in total. The Hall–Kier alpha value is -0.170. The highest BCUT2D eigenvalue weighted by molar-refractivity contribution is 7.89. The van der Waals surface area contributed by atoms with Gasteiger partial charge in [0.1, 0.15) is 0 Å². The van der Waals surface area contributed by atoms with Crippen molar-refractivity contribution in [3.05, 3.63) is 0 Å². The lowest BCUT2D eigenvalue weighted by Crippen LogP contribution is -2.51. The Balaban J connectivity index is 1.79. The number of nitrogens with one attached hydrogen (secondary N) is 1. The molecule has 0 radical (unpaired) electrons. The van der Waals surface area contributed by atoms with E-state index in [-0.39, 0.29) is 11.4 Å². The van der Waals surface area contributed by atoms with E-state index in [1.807, 2.05) is 6.92 Å². The monoisotopic (exact) mass is 318 g/mol. The molecule has 0 amide bonds. The lowest BCUT2D eigenvalue weighted by atomic mass is 9.92. The molecule has 1 atom stereocenters. The lowest BCUT2D eigenvalue weighted by molar-refractivity contribution is -0.0646. The summed E-state index contributed by atoms with van der Waals surface area (Å²) in [5.74, 6) is 0.277. The highest BCUT2D eigenvalue weighted by atomic mass is 32.2. The number of nitrogens with zero attached hydrogens (tertiary/aromatic N) is 1. The van der Waals surface area contributed by atoms with Crippen LogP contribution in [0.2, 0.25) is 0 Å². The van der Waals surface area contributed by atoms with Crippen molar-refractivity contribution in [1.82, 2.24) is 9.62 Å². The van der Waals surface area contributed by atoms with Gasteiger partial charge in [-0.25, -0.2) is 12.7 Å². The molecule has 124 valence electrons. The van der Waals surface area contributed by atoms with E-state index in [0.717, 1.165) is 32.3 Å². The molecule has 0 aliphatic carbocycles. The molecule has 0 bridgehead atoms. The predicted molar refractivity (Wildman–Crippen MR) is 84.9 cm³/mol. The Morgan fingerprint density at radius 3 is 2.43 bits per heavy atom. The van der Waals surface area contributed by atoms with Crippen molar-refractivity contribution in [3.8, 4) is 0 Å². The van der Waals surface area contributed by atoms with Gasteiger partial charge in [-0.2, -0.15) is 0 Å². The minimum absolute atomic E-state index is 0.0406. The molecule has 2 fully saturated rings. The van der Waals surface area contributed by atoms with E-state index in [2.05, 4.69) is 19.2 Å². The maximum atomic E-state index is 12.1. The fraction of sp³-hybridized carbons (Fsp3) is 1.00. The van der Waals surface area contributed by atoms with Crippen LogP contribution in [0.5, 0.6) is 0 Å². The average Bonchev–Trinajstić information content (AvgIpc) is 2.38. The van der Waals surface area contributed by atoms with Crippen LogP contribution in [0.3, 0.4) is 0 Å². The van der Waals surface area contributed by atoms with Gasteiger partial charge >= 0.3 is 0 Å². The second-order valence-corrected chi connectivity index (χ2v) is 9.04. The molecule has 2 rings (SSSR count). The van der Waals surface area contributed by atoms with Crippen LogP contribution in [0.15, 0.2) is 0 Å². The summed E-state index contributed by atoms with van der Waals surface area (Å²) in [6, 6.07) is 0.939. The molecule has 2 aliphatic heterocycles. The van der Waals surface area contributed by atoms with E-state index in [1.54, 1.807) is 4.31 Å². The predicted octanol–water partition coefficient (Wildman–Crippen LogP) is 1.74. The minimum atomic E-state index is -3.02. The number of rotatable bonds is 5. The van der Waals surface area contributed by atoms with Crippen molar-refractivity contribution < 1.29 is 13.2 Å². The zero-order chi connectivity index (χ0) is 15.5. The van der Waals surface area contributed by atoms with Crippen LogP contribution in [-0.2, 0) is 14.8 Å². The molecule has 0 saturated carbocycles. The van der Waals surface area contributed by atoms with Crippen LogP contribution in [0.1, 0.15) is 52.9 Å². The summed E-state index contributed by atoms with van der Waals surface area (Å²) in [5.41, 5.74) is -0.0406. The summed E-state index contributed by atoms with van der Waals surface area (Å²) in [7, 11) is -3.02. The largest absolute Gasteiger partial charge is 0.375 e. The number of sulfonamides is 1. The van der Waals surface area contributed by atoms with E-state index in [1.165, 1.54) is 0 Å². The molecule has 2 aliphatic rings. The molecule has 21 heavy (non-hydrogen) atoms. The SMILES string of the molecule is CCCS(=O)(=O)N1CCC(NC2CCOC(C)(C)C2)CC1. The zero-order valence-electron chi connectivity index (χ0n) is 13.6. The lowest BCUT2D eigenvalue weighted by Gasteiger charge is -2.39. The van der Waals surface area contributed by atoms with E-state index >= 15 is 0 Å². The van der Waals surface area contributed by atoms with Crippen LogP contribution in [0.25, 0.3) is 0 Å². The summed E-state index contributed by atoms with van der Waals surface area (Å²) in [6.45, 7) is 8.33. The summed E-state index contributed by atoms with van der Waals surface area (Å²) in [5, 5.41) is 3.72. The smallest absolute Gasteiger partial charge is 0.214 e. The molecule has 0 spiro atoms. The van der Waals surface area contributed by atoms with Gasteiger partial charge in [-0.1, -0.05) is 6.92 Å². The Morgan fingerprint density at radius 1 is 1.19 bits per heavy atom. The molecule has 2 heterocycles. The van der Waals surface area contributed by atoms with Gasteiger partial charge in [0.15, 0.2) is 0 Å². The van der Waals surface area contributed by atoms with E-state index in [9.17, 15) is 8.42 Å². The maximum Gasteiger partial charge on any atom is 0.214 e. The number of hydrogen-bond donors (Lipinski definition) is 1. The van der Waals surface area contributed by atoms with Crippen LogP contribution < -0.4 is 5.32 Å². The topological polar surface area (TPSA) is 58.6 Å². The number of ether oxygens (including phenoxy) is 1. The second-order valence-electron chi connectivity index (χ2n) is 6.95. The average molecular weight is 318 g/mol. The Morgan fingerprint density at radius 2 is 1.86 bits per heavy atom. The molecular formula is C15H30N2O3S. The fourth-order valence-corrected chi connectivity index (χ4v) is 4.94. The Labute approximate surface area is 129 Å². The normalized spacial score (nSPS) is 28.6. The van der Waals surface area contributed by atoms with Crippen LogP contribution in [0, 0.1) is 0 Å². The third-order valence-corrected chi connectivity index (χ3v) is 6.55. The van der Waals surface area contributed by atoms with Crippen LogP contribution in [0.4, 0.5) is 0 Å². The molecule has 1 N–H and O–H groups in total. The Bertz CT molecular complexity index is 428. The summed E-state index contributed by atoms with van der Waals surface area (Å²) in [6.07, 6.45) is 4.61. The van der Waals surface area contributed by atoms with Crippen LogP contribution in [-0.4, -0.2) is 55.9 Å². The van der Waals surface area contributed by atoms with E-state index in [4.69, 9.17) is 4.74 Å². The minimum Gasteiger partial charge on any atom is -0.375 e. The van der Waals surface area contributed by atoms with Gasteiger partial charge in [0.05, 0.1) is 11.4 Å². The van der Waals surface area contributed by atoms with Crippen LogP contribution >= 0.6 is 0 Å². The first-order chi connectivity index (χ1) is 9.82. The quantitative estimate of drug-likeness (QED) is 0.839. The van der Waals surface area contributed by atoms with Gasteiger partial charge < -0.3 is 10.1 Å². The van der Waals surface area contributed by atoms with Crippen molar-refractivity contribution >= 4 is 10.0 Å². The molecule has 1 unspecified atom stereocenters. The number of piperidine rings is 1. The highest BCUT2D eigenvalue weighted by Crippen LogP contribution is 2.25. The maximum absolute atomic E-state index is 12.1. The van der Waals surface area contributed by atoms with Gasteiger partial charge in [-0.3, -0.25) is 0 Å².